The van der Waals surface area contributed by atoms with Crippen LogP contribution in [0.1, 0.15) is 15.9 Å². The maximum absolute atomic E-state index is 11.6. The lowest BCUT2D eigenvalue weighted by atomic mass is 10.1. The predicted octanol–water partition coefficient (Wildman–Crippen LogP) is 2.77. The Balaban J connectivity index is 2.35. The van der Waals surface area contributed by atoms with Gasteiger partial charge in [0, 0.05) is 23.8 Å². The van der Waals surface area contributed by atoms with E-state index in [1.165, 1.54) is 0 Å². The molecule has 4 nitrogen and oxygen atoms in total. The zero-order valence-corrected chi connectivity index (χ0v) is 12.7. The summed E-state index contributed by atoms with van der Waals surface area (Å²) in [4.78, 5) is 13.6. The van der Waals surface area contributed by atoms with Crippen molar-refractivity contribution < 1.29 is 4.79 Å². The molecule has 5 heteroatoms. The van der Waals surface area contributed by atoms with Crippen molar-refractivity contribution in [2.75, 3.05) is 17.7 Å². The number of carbonyl (C=O) groups excluding carboxylic acids is 1. The predicted molar refractivity (Wildman–Crippen MR) is 85.6 cm³/mol. The summed E-state index contributed by atoms with van der Waals surface area (Å²) in [5.41, 5.74) is 14.4. The van der Waals surface area contributed by atoms with Gasteiger partial charge in [0.2, 0.25) is 0 Å². The SMILES string of the molecule is CN(Cc1ccccc1N)c1cccc(Br)c1C(N)=O. The van der Waals surface area contributed by atoms with Crippen LogP contribution in [-0.4, -0.2) is 13.0 Å². The molecule has 1 amide bonds. The molecular formula is C15H16BrN3O. The fourth-order valence-corrected chi connectivity index (χ4v) is 2.64. The molecule has 2 aromatic carbocycles. The quantitative estimate of drug-likeness (QED) is 0.845. The second-order valence-corrected chi connectivity index (χ2v) is 5.41. The van der Waals surface area contributed by atoms with Crippen molar-refractivity contribution in [1.29, 1.82) is 0 Å². The van der Waals surface area contributed by atoms with Crippen molar-refractivity contribution in [3.05, 3.63) is 58.1 Å². The molecule has 0 fully saturated rings. The number of nitrogens with zero attached hydrogens (tertiary/aromatic N) is 1. The average Bonchev–Trinajstić information content (AvgIpc) is 2.40. The molecule has 0 saturated heterocycles. The van der Waals surface area contributed by atoms with Crippen LogP contribution in [0.4, 0.5) is 11.4 Å². The van der Waals surface area contributed by atoms with Crippen LogP contribution in [0.5, 0.6) is 0 Å². The van der Waals surface area contributed by atoms with Gasteiger partial charge >= 0.3 is 0 Å². The van der Waals surface area contributed by atoms with Crippen LogP contribution in [0.25, 0.3) is 0 Å². The number of nitrogen functional groups attached to an aromatic ring is 1. The van der Waals surface area contributed by atoms with Gasteiger partial charge in [0.1, 0.15) is 0 Å². The highest BCUT2D eigenvalue weighted by Crippen LogP contribution is 2.28. The monoisotopic (exact) mass is 333 g/mol. The van der Waals surface area contributed by atoms with Crippen molar-refractivity contribution in [2.45, 2.75) is 6.54 Å². The number of nitrogens with two attached hydrogens (primary N) is 2. The summed E-state index contributed by atoms with van der Waals surface area (Å²) >= 11 is 3.36. The maximum atomic E-state index is 11.6. The maximum Gasteiger partial charge on any atom is 0.251 e. The van der Waals surface area contributed by atoms with E-state index >= 15 is 0 Å². The Morgan fingerprint density at radius 1 is 1.20 bits per heavy atom. The van der Waals surface area contributed by atoms with Gasteiger partial charge in [0.15, 0.2) is 0 Å². The van der Waals surface area contributed by atoms with Crippen LogP contribution < -0.4 is 16.4 Å². The van der Waals surface area contributed by atoms with E-state index in [1.807, 2.05) is 48.3 Å². The highest BCUT2D eigenvalue weighted by Gasteiger charge is 2.15. The summed E-state index contributed by atoms with van der Waals surface area (Å²) in [6, 6.07) is 13.2. The minimum atomic E-state index is -0.458. The zero-order valence-electron chi connectivity index (χ0n) is 11.1. The minimum absolute atomic E-state index is 0.458. The summed E-state index contributed by atoms with van der Waals surface area (Å²) in [6.07, 6.45) is 0. The third-order valence-corrected chi connectivity index (χ3v) is 3.77. The third kappa shape index (κ3) is 2.93. The Morgan fingerprint density at radius 2 is 1.90 bits per heavy atom. The summed E-state index contributed by atoms with van der Waals surface area (Å²) < 4.78 is 0.690. The smallest absolute Gasteiger partial charge is 0.251 e. The zero-order chi connectivity index (χ0) is 14.7. The van der Waals surface area contributed by atoms with Crippen molar-refractivity contribution in [3.8, 4) is 0 Å². The van der Waals surface area contributed by atoms with E-state index in [1.54, 1.807) is 6.07 Å². The second kappa shape index (κ2) is 5.96. The summed E-state index contributed by atoms with van der Waals surface area (Å²) in [7, 11) is 1.90. The largest absolute Gasteiger partial charge is 0.398 e. The third-order valence-electron chi connectivity index (χ3n) is 3.11. The molecular weight excluding hydrogens is 318 g/mol. The first-order valence-electron chi connectivity index (χ1n) is 6.13. The fourth-order valence-electron chi connectivity index (χ4n) is 2.09. The van der Waals surface area contributed by atoms with Gasteiger partial charge in [-0.1, -0.05) is 24.3 Å². The standard InChI is InChI=1S/C15H16BrN3O/c1-19(9-10-5-2-3-7-12(10)17)13-8-4-6-11(16)14(13)15(18)20/h2-8H,9,17H2,1H3,(H2,18,20). The number of anilines is 2. The van der Waals surface area contributed by atoms with E-state index < -0.39 is 5.91 Å². The molecule has 0 atom stereocenters. The number of primary amides is 1. The molecule has 0 aliphatic rings. The van der Waals surface area contributed by atoms with E-state index in [2.05, 4.69) is 15.9 Å². The lowest BCUT2D eigenvalue weighted by Gasteiger charge is -2.23. The molecule has 0 aromatic heterocycles. The van der Waals surface area contributed by atoms with Crippen molar-refractivity contribution in [2.24, 2.45) is 5.73 Å². The number of para-hydroxylation sites is 1. The van der Waals surface area contributed by atoms with Gasteiger partial charge in [-0.3, -0.25) is 4.79 Å². The molecule has 0 spiro atoms. The fraction of sp³-hybridized carbons (Fsp3) is 0.133. The van der Waals surface area contributed by atoms with E-state index in [0.717, 1.165) is 16.9 Å². The first-order chi connectivity index (χ1) is 9.50. The van der Waals surface area contributed by atoms with Gasteiger partial charge in [-0.2, -0.15) is 0 Å². The second-order valence-electron chi connectivity index (χ2n) is 4.55. The van der Waals surface area contributed by atoms with Crippen molar-refractivity contribution in [3.63, 3.8) is 0 Å². The molecule has 4 N–H and O–H groups in total. The molecule has 104 valence electrons. The van der Waals surface area contributed by atoms with E-state index in [0.29, 0.717) is 16.6 Å². The first kappa shape index (κ1) is 14.4. The highest BCUT2D eigenvalue weighted by atomic mass is 79.9. The molecule has 0 bridgehead atoms. The Bertz CT molecular complexity index is 643. The van der Waals surface area contributed by atoms with Gasteiger partial charge in [0.05, 0.1) is 11.3 Å². The normalized spacial score (nSPS) is 10.3. The van der Waals surface area contributed by atoms with Crippen molar-refractivity contribution >= 4 is 33.2 Å². The van der Waals surface area contributed by atoms with Crippen LogP contribution in [0, 0.1) is 0 Å². The van der Waals surface area contributed by atoms with E-state index in [-0.39, 0.29) is 0 Å². The molecule has 2 aromatic rings. The van der Waals surface area contributed by atoms with E-state index in [4.69, 9.17) is 11.5 Å². The topological polar surface area (TPSA) is 72.3 Å². The van der Waals surface area contributed by atoms with E-state index in [9.17, 15) is 4.79 Å². The molecule has 0 aliphatic heterocycles. The van der Waals surface area contributed by atoms with Crippen LogP contribution in [0.3, 0.4) is 0 Å². The average molecular weight is 334 g/mol. The first-order valence-corrected chi connectivity index (χ1v) is 6.93. The lowest BCUT2D eigenvalue weighted by Crippen LogP contribution is -2.22. The molecule has 0 saturated carbocycles. The summed E-state index contributed by atoms with van der Waals surface area (Å²) in [5, 5.41) is 0. The van der Waals surface area contributed by atoms with Gasteiger partial charge in [-0.05, 0) is 39.7 Å². The molecule has 20 heavy (non-hydrogen) atoms. The number of amides is 1. The van der Waals surface area contributed by atoms with Crippen LogP contribution in [-0.2, 0) is 6.54 Å². The van der Waals surface area contributed by atoms with Gasteiger partial charge in [0.25, 0.3) is 5.91 Å². The molecule has 2 rings (SSSR count). The Morgan fingerprint density at radius 3 is 2.55 bits per heavy atom. The number of halogens is 1. The van der Waals surface area contributed by atoms with Gasteiger partial charge in [-0.25, -0.2) is 0 Å². The molecule has 0 unspecified atom stereocenters. The van der Waals surface area contributed by atoms with Crippen LogP contribution >= 0.6 is 15.9 Å². The number of rotatable bonds is 4. The van der Waals surface area contributed by atoms with Gasteiger partial charge < -0.3 is 16.4 Å². The van der Waals surface area contributed by atoms with Crippen LogP contribution in [0.15, 0.2) is 46.9 Å². The number of carbonyl (C=O) groups is 1. The summed E-state index contributed by atoms with van der Waals surface area (Å²) in [5.74, 6) is -0.458. The highest BCUT2D eigenvalue weighted by molar-refractivity contribution is 9.10. The number of hydrogen-bond donors (Lipinski definition) is 2. The lowest BCUT2D eigenvalue weighted by molar-refractivity contribution is 0.1000. The van der Waals surface area contributed by atoms with Gasteiger partial charge in [-0.15, -0.1) is 0 Å². The minimum Gasteiger partial charge on any atom is -0.398 e. The van der Waals surface area contributed by atoms with Crippen molar-refractivity contribution in [1.82, 2.24) is 0 Å². The Labute approximate surface area is 126 Å². The Hall–Kier alpha value is -2.01. The molecule has 0 radical (unpaired) electrons. The molecule has 0 aliphatic carbocycles. The summed E-state index contributed by atoms with van der Waals surface area (Å²) in [6.45, 7) is 0.601. The Kier molecular flexibility index (Phi) is 4.29. The molecule has 0 heterocycles. The number of hydrogen-bond acceptors (Lipinski definition) is 3. The van der Waals surface area contributed by atoms with Crippen LogP contribution in [0.2, 0.25) is 0 Å². The number of benzene rings is 2.